The van der Waals surface area contributed by atoms with E-state index in [4.69, 9.17) is 11.6 Å². The number of hydrogen-bond donors (Lipinski definition) is 1. The zero-order chi connectivity index (χ0) is 12.4. The molecule has 0 aliphatic carbocycles. The highest BCUT2D eigenvalue weighted by Gasteiger charge is 2.21. The lowest BCUT2D eigenvalue weighted by Crippen LogP contribution is -2.22. The van der Waals surface area contributed by atoms with Crippen molar-refractivity contribution in [2.45, 2.75) is 13.0 Å². The van der Waals surface area contributed by atoms with E-state index in [1.54, 1.807) is 17.1 Å². The van der Waals surface area contributed by atoms with Crippen LogP contribution in [0, 0.1) is 6.92 Å². The topological polar surface area (TPSA) is 42.7 Å². The molecule has 4 nitrogen and oxygen atoms in total. The molecule has 0 fully saturated rings. The van der Waals surface area contributed by atoms with E-state index in [-0.39, 0.29) is 6.04 Å². The lowest BCUT2D eigenvalue weighted by atomic mass is 10.1. The minimum absolute atomic E-state index is 0.0452. The Labute approximate surface area is 106 Å². The van der Waals surface area contributed by atoms with Crippen molar-refractivity contribution in [2.75, 3.05) is 7.05 Å². The van der Waals surface area contributed by atoms with Gasteiger partial charge in [0, 0.05) is 13.2 Å². The van der Waals surface area contributed by atoms with Gasteiger partial charge in [-0.3, -0.25) is 9.67 Å². The summed E-state index contributed by atoms with van der Waals surface area (Å²) in [7, 11) is 3.77. The first-order chi connectivity index (χ1) is 8.15. The van der Waals surface area contributed by atoms with E-state index in [1.165, 1.54) is 0 Å². The van der Waals surface area contributed by atoms with Gasteiger partial charge in [0.25, 0.3) is 0 Å². The van der Waals surface area contributed by atoms with Gasteiger partial charge in [-0.05, 0) is 25.6 Å². The van der Waals surface area contributed by atoms with Crippen molar-refractivity contribution in [3.8, 4) is 0 Å². The van der Waals surface area contributed by atoms with Crippen molar-refractivity contribution in [1.82, 2.24) is 20.1 Å². The Hall–Kier alpha value is -1.39. The normalized spacial score (nSPS) is 12.7. The standard InChI is InChI=1S/C12H15ClN4/c1-8-5-4-6-15-10(8)11(14-2)12-9(13)7-16-17(12)3/h4-7,11,14H,1-3H3. The highest BCUT2D eigenvalue weighted by atomic mass is 35.5. The van der Waals surface area contributed by atoms with E-state index in [1.807, 2.05) is 33.2 Å². The number of nitrogens with one attached hydrogen (secondary N) is 1. The molecule has 0 saturated heterocycles. The van der Waals surface area contributed by atoms with E-state index in [2.05, 4.69) is 15.4 Å². The van der Waals surface area contributed by atoms with Gasteiger partial charge in [-0.25, -0.2) is 0 Å². The first kappa shape index (κ1) is 12.1. The Morgan fingerprint density at radius 2 is 2.24 bits per heavy atom. The number of aromatic nitrogens is 3. The molecule has 17 heavy (non-hydrogen) atoms. The van der Waals surface area contributed by atoms with Gasteiger partial charge in [0.15, 0.2) is 0 Å². The van der Waals surface area contributed by atoms with Crippen molar-refractivity contribution in [3.05, 3.63) is 46.5 Å². The fraction of sp³-hybridized carbons (Fsp3) is 0.333. The van der Waals surface area contributed by atoms with Gasteiger partial charge < -0.3 is 5.32 Å². The lowest BCUT2D eigenvalue weighted by Gasteiger charge is -2.18. The number of rotatable bonds is 3. The Morgan fingerprint density at radius 1 is 1.47 bits per heavy atom. The number of pyridine rings is 1. The van der Waals surface area contributed by atoms with Crippen LogP contribution in [-0.4, -0.2) is 21.8 Å². The molecule has 90 valence electrons. The second-order valence-corrected chi connectivity index (χ2v) is 4.34. The highest BCUT2D eigenvalue weighted by molar-refractivity contribution is 6.31. The zero-order valence-corrected chi connectivity index (χ0v) is 10.9. The average Bonchev–Trinajstić information content (AvgIpc) is 2.64. The summed E-state index contributed by atoms with van der Waals surface area (Å²) in [4.78, 5) is 4.43. The molecule has 1 atom stereocenters. The Balaban J connectivity index is 2.52. The monoisotopic (exact) mass is 250 g/mol. The van der Waals surface area contributed by atoms with Crippen LogP contribution in [0.3, 0.4) is 0 Å². The number of nitrogens with zero attached hydrogens (tertiary/aromatic N) is 3. The third kappa shape index (κ3) is 2.18. The second-order valence-electron chi connectivity index (χ2n) is 3.93. The summed E-state index contributed by atoms with van der Waals surface area (Å²) in [6.07, 6.45) is 3.44. The molecule has 0 spiro atoms. The van der Waals surface area contributed by atoms with Crippen LogP contribution in [0.15, 0.2) is 24.5 Å². The molecule has 1 unspecified atom stereocenters. The molecule has 2 aromatic rings. The molecule has 2 aromatic heterocycles. The molecule has 1 N–H and O–H groups in total. The maximum absolute atomic E-state index is 6.17. The summed E-state index contributed by atoms with van der Waals surface area (Å²) >= 11 is 6.17. The third-order valence-corrected chi connectivity index (χ3v) is 3.11. The Kier molecular flexibility index (Phi) is 3.45. The van der Waals surface area contributed by atoms with Crippen LogP contribution in [0.5, 0.6) is 0 Å². The minimum Gasteiger partial charge on any atom is -0.307 e. The smallest absolute Gasteiger partial charge is 0.0937 e. The molecular formula is C12H15ClN4. The van der Waals surface area contributed by atoms with E-state index < -0.39 is 0 Å². The van der Waals surface area contributed by atoms with Crippen LogP contribution >= 0.6 is 11.6 Å². The molecule has 2 heterocycles. The maximum Gasteiger partial charge on any atom is 0.0937 e. The summed E-state index contributed by atoms with van der Waals surface area (Å²) in [6.45, 7) is 2.04. The van der Waals surface area contributed by atoms with Gasteiger partial charge in [0.2, 0.25) is 0 Å². The van der Waals surface area contributed by atoms with E-state index in [9.17, 15) is 0 Å². The zero-order valence-electron chi connectivity index (χ0n) is 10.1. The van der Waals surface area contributed by atoms with E-state index in [0.717, 1.165) is 17.0 Å². The molecule has 0 saturated carbocycles. The second kappa shape index (κ2) is 4.85. The predicted molar refractivity (Wildman–Crippen MR) is 68.1 cm³/mol. The van der Waals surface area contributed by atoms with Crippen molar-refractivity contribution in [2.24, 2.45) is 7.05 Å². The van der Waals surface area contributed by atoms with Crippen LogP contribution in [0.4, 0.5) is 0 Å². The van der Waals surface area contributed by atoms with Gasteiger partial charge in [0.1, 0.15) is 0 Å². The molecule has 5 heteroatoms. The maximum atomic E-state index is 6.17. The third-order valence-electron chi connectivity index (χ3n) is 2.82. The van der Waals surface area contributed by atoms with Crippen LogP contribution in [0.2, 0.25) is 5.02 Å². The minimum atomic E-state index is -0.0452. The van der Waals surface area contributed by atoms with Crippen molar-refractivity contribution in [3.63, 3.8) is 0 Å². The molecule has 2 rings (SSSR count). The van der Waals surface area contributed by atoms with Crippen LogP contribution < -0.4 is 5.32 Å². The largest absolute Gasteiger partial charge is 0.307 e. The lowest BCUT2D eigenvalue weighted by molar-refractivity contribution is 0.592. The highest BCUT2D eigenvalue weighted by Crippen LogP contribution is 2.27. The average molecular weight is 251 g/mol. The van der Waals surface area contributed by atoms with Crippen molar-refractivity contribution in [1.29, 1.82) is 0 Å². The number of aryl methyl sites for hydroxylation is 2. The summed E-state index contributed by atoms with van der Waals surface area (Å²) in [6, 6.07) is 3.92. The Bertz CT molecular complexity index is 501. The molecule has 0 aromatic carbocycles. The van der Waals surface area contributed by atoms with Crippen LogP contribution in [-0.2, 0) is 7.05 Å². The van der Waals surface area contributed by atoms with Gasteiger partial charge in [-0.2, -0.15) is 5.10 Å². The summed E-state index contributed by atoms with van der Waals surface area (Å²) in [5, 5.41) is 8.04. The molecular weight excluding hydrogens is 236 g/mol. The Morgan fingerprint density at radius 3 is 2.76 bits per heavy atom. The van der Waals surface area contributed by atoms with Crippen LogP contribution in [0.25, 0.3) is 0 Å². The fourth-order valence-electron chi connectivity index (χ4n) is 1.95. The van der Waals surface area contributed by atoms with Crippen molar-refractivity contribution < 1.29 is 0 Å². The first-order valence-corrected chi connectivity index (χ1v) is 5.79. The van der Waals surface area contributed by atoms with Gasteiger partial charge >= 0.3 is 0 Å². The first-order valence-electron chi connectivity index (χ1n) is 5.41. The molecule has 0 aliphatic heterocycles. The van der Waals surface area contributed by atoms with Gasteiger partial charge in [0.05, 0.1) is 28.6 Å². The van der Waals surface area contributed by atoms with Gasteiger partial charge in [-0.1, -0.05) is 17.7 Å². The predicted octanol–water partition coefficient (Wildman–Crippen LogP) is 2.09. The summed E-state index contributed by atoms with van der Waals surface area (Å²) in [5.74, 6) is 0. The van der Waals surface area contributed by atoms with E-state index >= 15 is 0 Å². The molecule has 0 radical (unpaired) electrons. The quantitative estimate of drug-likeness (QED) is 0.907. The molecule has 0 amide bonds. The number of halogens is 1. The fourth-order valence-corrected chi connectivity index (χ4v) is 2.22. The molecule has 0 bridgehead atoms. The molecule has 0 aliphatic rings. The summed E-state index contributed by atoms with van der Waals surface area (Å²) in [5.41, 5.74) is 3.03. The van der Waals surface area contributed by atoms with Crippen molar-refractivity contribution >= 4 is 11.6 Å². The van der Waals surface area contributed by atoms with Gasteiger partial charge in [-0.15, -0.1) is 0 Å². The summed E-state index contributed by atoms with van der Waals surface area (Å²) < 4.78 is 1.78. The SMILES string of the molecule is CNC(c1ncccc1C)c1c(Cl)cnn1C. The van der Waals surface area contributed by atoms with Crippen LogP contribution in [0.1, 0.15) is 23.0 Å². The van der Waals surface area contributed by atoms with E-state index in [0.29, 0.717) is 5.02 Å². The number of hydrogen-bond acceptors (Lipinski definition) is 3.